The summed E-state index contributed by atoms with van der Waals surface area (Å²) in [5.41, 5.74) is 7.51. The van der Waals surface area contributed by atoms with Crippen molar-refractivity contribution in [1.82, 2.24) is 0 Å². The molecule has 90 valence electrons. The van der Waals surface area contributed by atoms with E-state index in [1.165, 1.54) is 0 Å². The molecule has 1 fully saturated rings. The molecular weight excluding hydrogens is 212 g/mol. The maximum atomic E-state index is 11.9. The largest absolute Gasteiger partial charge is 0.327 e. The van der Waals surface area contributed by atoms with Crippen LogP contribution in [0.5, 0.6) is 0 Å². The van der Waals surface area contributed by atoms with Crippen LogP contribution in [-0.4, -0.2) is 17.7 Å². The van der Waals surface area contributed by atoms with Gasteiger partial charge in [0.25, 0.3) is 5.91 Å². The zero-order valence-corrected chi connectivity index (χ0v) is 10.1. The molecule has 0 unspecified atom stereocenters. The Morgan fingerprint density at radius 1 is 1.29 bits per heavy atom. The molecule has 3 nitrogen and oxygen atoms in total. The van der Waals surface area contributed by atoms with Crippen molar-refractivity contribution in [3.8, 4) is 0 Å². The average Bonchev–Trinajstić information content (AvgIpc) is 2.35. The molecule has 0 heterocycles. The summed E-state index contributed by atoms with van der Waals surface area (Å²) in [5.74, 6) is 0.226. The number of carbonyl (C=O) groups is 1. The molecule has 0 spiro atoms. The highest BCUT2D eigenvalue weighted by Gasteiger charge is 2.22. The smallest absolute Gasteiger partial charge is 0.276 e. The van der Waals surface area contributed by atoms with Crippen LogP contribution in [0.2, 0.25) is 0 Å². The predicted molar refractivity (Wildman–Crippen MR) is 69.2 cm³/mol. The van der Waals surface area contributed by atoms with Gasteiger partial charge in [-0.1, -0.05) is 25.1 Å². The molecular formula is C14H18N2O. The van der Waals surface area contributed by atoms with Gasteiger partial charge in [0.15, 0.2) is 0 Å². The highest BCUT2D eigenvalue weighted by Crippen LogP contribution is 2.21. The quantitative estimate of drug-likeness (QED) is 0.805. The van der Waals surface area contributed by atoms with Crippen LogP contribution in [0.15, 0.2) is 35.3 Å². The van der Waals surface area contributed by atoms with Gasteiger partial charge in [0.1, 0.15) is 0 Å². The molecule has 2 N–H and O–H groups in total. The zero-order valence-electron chi connectivity index (χ0n) is 10.1. The van der Waals surface area contributed by atoms with Gasteiger partial charge >= 0.3 is 0 Å². The molecule has 0 bridgehead atoms. The summed E-state index contributed by atoms with van der Waals surface area (Å²) in [4.78, 5) is 16.2. The molecule has 1 aliphatic carbocycles. The zero-order chi connectivity index (χ0) is 12.3. The van der Waals surface area contributed by atoms with Crippen LogP contribution in [0, 0.1) is 5.92 Å². The van der Waals surface area contributed by atoms with Gasteiger partial charge in [0.05, 0.1) is 0 Å². The van der Waals surface area contributed by atoms with Gasteiger partial charge in [-0.15, -0.1) is 0 Å². The third kappa shape index (κ3) is 3.01. The second-order valence-corrected chi connectivity index (χ2v) is 4.72. The maximum absolute atomic E-state index is 11.9. The molecule has 3 heteroatoms. The van der Waals surface area contributed by atoms with E-state index < -0.39 is 0 Å². The standard InChI is InChI=1S/C14H18N2O/c1-10-7-8-12(15)9-13(10)16-14(17)11-5-3-2-4-6-11/h2-6,10,12H,7-9,15H2,1H3/t10-,12+/m0/s1. The molecule has 1 aromatic rings. The lowest BCUT2D eigenvalue weighted by molar-refractivity contribution is 0.100. The SMILES string of the molecule is C[C@H]1CC[C@@H](N)CC1=NC(=O)c1ccccc1. The molecule has 1 aromatic carbocycles. The summed E-state index contributed by atoms with van der Waals surface area (Å²) in [6.07, 6.45) is 2.81. The van der Waals surface area contributed by atoms with Crippen molar-refractivity contribution in [1.29, 1.82) is 0 Å². The highest BCUT2D eigenvalue weighted by molar-refractivity contribution is 6.04. The Labute approximate surface area is 102 Å². The molecule has 17 heavy (non-hydrogen) atoms. The third-order valence-electron chi connectivity index (χ3n) is 3.28. The lowest BCUT2D eigenvalue weighted by Gasteiger charge is -2.25. The van der Waals surface area contributed by atoms with Crippen molar-refractivity contribution < 1.29 is 4.79 Å². The minimum atomic E-state index is -0.151. The Kier molecular flexibility index (Phi) is 3.69. The van der Waals surface area contributed by atoms with Crippen molar-refractivity contribution in [2.45, 2.75) is 32.2 Å². The van der Waals surface area contributed by atoms with E-state index in [0.717, 1.165) is 25.0 Å². The molecule has 0 saturated heterocycles. The van der Waals surface area contributed by atoms with E-state index in [1.807, 2.05) is 18.2 Å². The number of hydrogen-bond acceptors (Lipinski definition) is 2. The summed E-state index contributed by atoms with van der Waals surface area (Å²) < 4.78 is 0. The van der Waals surface area contributed by atoms with Gasteiger partial charge in [-0.25, -0.2) is 4.99 Å². The fourth-order valence-electron chi connectivity index (χ4n) is 2.13. The Bertz CT molecular complexity index is 425. The minimum absolute atomic E-state index is 0.151. The van der Waals surface area contributed by atoms with Crippen LogP contribution in [0.1, 0.15) is 36.5 Å². The van der Waals surface area contributed by atoms with Gasteiger partial charge in [0.2, 0.25) is 0 Å². The number of nitrogens with zero attached hydrogens (tertiary/aromatic N) is 1. The van der Waals surface area contributed by atoms with Crippen LogP contribution in [-0.2, 0) is 0 Å². The van der Waals surface area contributed by atoms with Gasteiger partial charge in [-0.05, 0) is 30.9 Å². The summed E-state index contributed by atoms with van der Waals surface area (Å²) in [7, 11) is 0. The van der Waals surface area contributed by atoms with E-state index in [-0.39, 0.29) is 11.9 Å². The summed E-state index contributed by atoms with van der Waals surface area (Å²) in [6, 6.07) is 9.34. The van der Waals surface area contributed by atoms with Crippen molar-refractivity contribution in [2.24, 2.45) is 16.6 Å². The maximum Gasteiger partial charge on any atom is 0.276 e. The van der Waals surface area contributed by atoms with Crippen LogP contribution in [0.3, 0.4) is 0 Å². The predicted octanol–water partition coefficient (Wildman–Crippen LogP) is 2.42. The molecule has 0 aliphatic heterocycles. The first kappa shape index (κ1) is 12.0. The number of nitrogens with two attached hydrogens (primary N) is 1. The van der Waals surface area contributed by atoms with Crippen molar-refractivity contribution >= 4 is 11.6 Å². The topological polar surface area (TPSA) is 55.4 Å². The first-order valence-corrected chi connectivity index (χ1v) is 6.09. The molecule has 2 atom stereocenters. The summed E-state index contributed by atoms with van der Waals surface area (Å²) in [5, 5.41) is 0. The van der Waals surface area contributed by atoms with E-state index in [2.05, 4.69) is 11.9 Å². The van der Waals surface area contributed by atoms with Crippen molar-refractivity contribution in [2.75, 3.05) is 0 Å². The molecule has 0 radical (unpaired) electrons. The fourth-order valence-corrected chi connectivity index (χ4v) is 2.13. The first-order chi connectivity index (χ1) is 8.16. The highest BCUT2D eigenvalue weighted by atomic mass is 16.1. The number of aliphatic imine (C=N–C) groups is 1. The molecule has 1 amide bonds. The van der Waals surface area contributed by atoms with E-state index in [1.54, 1.807) is 12.1 Å². The normalized spacial score (nSPS) is 27.1. The van der Waals surface area contributed by atoms with Gasteiger partial charge in [-0.2, -0.15) is 0 Å². The summed E-state index contributed by atoms with van der Waals surface area (Å²) in [6.45, 7) is 2.11. The molecule has 1 saturated carbocycles. The summed E-state index contributed by atoms with van der Waals surface area (Å²) >= 11 is 0. The lowest BCUT2D eigenvalue weighted by atomic mass is 9.86. The number of carbonyl (C=O) groups excluding carboxylic acids is 1. The first-order valence-electron chi connectivity index (χ1n) is 6.09. The minimum Gasteiger partial charge on any atom is -0.327 e. The molecule has 2 rings (SSSR count). The van der Waals surface area contributed by atoms with Crippen LogP contribution in [0.25, 0.3) is 0 Å². The number of benzene rings is 1. The molecule has 1 aliphatic rings. The second-order valence-electron chi connectivity index (χ2n) is 4.72. The van der Waals surface area contributed by atoms with Gasteiger partial charge < -0.3 is 5.73 Å². The van der Waals surface area contributed by atoms with Crippen molar-refractivity contribution in [3.63, 3.8) is 0 Å². The average molecular weight is 230 g/mol. The number of hydrogen-bond donors (Lipinski definition) is 1. The van der Waals surface area contributed by atoms with Gasteiger partial charge in [-0.3, -0.25) is 4.79 Å². The Morgan fingerprint density at radius 2 is 2.00 bits per heavy atom. The molecule has 0 aromatic heterocycles. The fraction of sp³-hybridized carbons (Fsp3) is 0.429. The third-order valence-corrected chi connectivity index (χ3v) is 3.28. The number of rotatable bonds is 1. The van der Waals surface area contributed by atoms with Crippen LogP contribution in [0.4, 0.5) is 0 Å². The van der Waals surface area contributed by atoms with E-state index >= 15 is 0 Å². The van der Waals surface area contributed by atoms with Gasteiger partial charge in [0, 0.05) is 23.7 Å². The lowest BCUT2D eigenvalue weighted by Crippen LogP contribution is -2.33. The Hall–Kier alpha value is -1.48. The Balaban J connectivity index is 2.15. The second kappa shape index (κ2) is 5.23. The monoisotopic (exact) mass is 230 g/mol. The van der Waals surface area contributed by atoms with E-state index in [0.29, 0.717) is 11.5 Å². The number of amides is 1. The van der Waals surface area contributed by atoms with Crippen molar-refractivity contribution in [3.05, 3.63) is 35.9 Å². The van der Waals surface area contributed by atoms with E-state index in [4.69, 9.17) is 5.73 Å². The van der Waals surface area contributed by atoms with Crippen LogP contribution < -0.4 is 5.73 Å². The van der Waals surface area contributed by atoms with Crippen LogP contribution >= 0.6 is 0 Å². The Morgan fingerprint density at radius 3 is 2.71 bits per heavy atom. The van der Waals surface area contributed by atoms with E-state index in [9.17, 15) is 4.79 Å².